The standard InChI is InChI=1S/C15H15Br2N5OS.ClH/c1-22-15(19-20-21-22)24-7-6-18-9-11-3-5-14(23-11)12-4-2-10(16)8-13(12)17;/h2-5,8,18H,6-7,9H2,1H3;1H. The minimum atomic E-state index is 0. The zero-order valence-corrected chi connectivity index (χ0v) is 18.1. The Bertz CT molecular complexity index is 826. The van der Waals surface area contributed by atoms with Crippen molar-refractivity contribution in [2.45, 2.75) is 11.7 Å². The number of aromatic nitrogens is 4. The van der Waals surface area contributed by atoms with Crippen molar-refractivity contribution in [2.75, 3.05) is 12.3 Å². The Morgan fingerprint density at radius 3 is 2.80 bits per heavy atom. The summed E-state index contributed by atoms with van der Waals surface area (Å²) in [6.07, 6.45) is 0. The lowest BCUT2D eigenvalue weighted by atomic mass is 10.2. The van der Waals surface area contributed by atoms with Gasteiger partial charge in [0, 0.05) is 33.9 Å². The third-order valence-electron chi connectivity index (χ3n) is 3.25. The molecule has 3 aromatic rings. The first-order valence-corrected chi connectivity index (χ1v) is 9.80. The van der Waals surface area contributed by atoms with E-state index < -0.39 is 0 Å². The number of hydrogen-bond acceptors (Lipinski definition) is 6. The van der Waals surface area contributed by atoms with Crippen molar-refractivity contribution >= 4 is 56.0 Å². The van der Waals surface area contributed by atoms with Crippen LogP contribution in [0, 0.1) is 0 Å². The molecule has 3 rings (SSSR count). The molecule has 0 atom stereocenters. The summed E-state index contributed by atoms with van der Waals surface area (Å²) >= 11 is 8.64. The highest BCUT2D eigenvalue weighted by Gasteiger charge is 2.09. The summed E-state index contributed by atoms with van der Waals surface area (Å²) in [5.41, 5.74) is 1.04. The average molecular weight is 510 g/mol. The highest BCUT2D eigenvalue weighted by Crippen LogP contribution is 2.31. The monoisotopic (exact) mass is 507 g/mol. The third-order valence-corrected chi connectivity index (χ3v) is 5.41. The third kappa shape index (κ3) is 5.55. The summed E-state index contributed by atoms with van der Waals surface area (Å²) in [6.45, 7) is 1.53. The van der Waals surface area contributed by atoms with E-state index in [9.17, 15) is 0 Å². The van der Waals surface area contributed by atoms with Crippen LogP contribution in [0.4, 0.5) is 0 Å². The number of rotatable bonds is 7. The molecule has 0 aliphatic rings. The predicted molar refractivity (Wildman–Crippen MR) is 108 cm³/mol. The summed E-state index contributed by atoms with van der Waals surface area (Å²) in [7, 11) is 1.83. The number of hydrogen-bond donors (Lipinski definition) is 1. The van der Waals surface area contributed by atoms with E-state index in [0.717, 1.165) is 43.5 Å². The largest absolute Gasteiger partial charge is 0.460 e. The van der Waals surface area contributed by atoms with Crippen LogP contribution in [0.5, 0.6) is 0 Å². The van der Waals surface area contributed by atoms with Crippen LogP contribution >= 0.6 is 56.0 Å². The van der Waals surface area contributed by atoms with E-state index in [1.54, 1.807) is 16.4 Å². The maximum absolute atomic E-state index is 5.91. The Morgan fingerprint density at radius 1 is 1.24 bits per heavy atom. The highest BCUT2D eigenvalue weighted by atomic mass is 79.9. The summed E-state index contributed by atoms with van der Waals surface area (Å²) < 4.78 is 9.61. The van der Waals surface area contributed by atoms with Crippen molar-refractivity contribution in [3.05, 3.63) is 45.0 Å². The van der Waals surface area contributed by atoms with Crippen molar-refractivity contribution in [3.8, 4) is 11.3 Å². The molecule has 1 aromatic carbocycles. The number of nitrogens with zero attached hydrogens (tertiary/aromatic N) is 4. The molecular formula is C15H16Br2ClN5OS. The second-order valence-electron chi connectivity index (χ2n) is 5.00. The number of tetrazole rings is 1. The summed E-state index contributed by atoms with van der Waals surface area (Å²) in [5.74, 6) is 2.65. The van der Waals surface area contributed by atoms with Crippen LogP contribution in [-0.4, -0.2) is 32.5 Å². The van der Waals surface area contributed by atoms with Crippen molar-refractivity contribution in [1.29, 1.82) is 0 Å². The minimum Gasteiger partial charge on any atom is -0.460 e. The normalized spacial score (nSPS) is 10.7. The van der Waals surface area contributed by atoms with Crippen molar-refractivity contribution in [2.24, 2.45) is 7.05 Å². The number of aryl methyl sites for hydroxylation is 1. The lowest BCUT2D eigenvalue weighted by Crippen LogP contribution is -2.16. The van der Waals surface area contributed by atoms with Gasteiger partial charge in [-0.2, -0.15) is 0 Å². The zero-order valence-electron chi connectivity index (χ0n) is 13.3. The fraction of sp³-hybridized carbons (Fsp3) is 0.267. The fourth-order valence-electron chi connectivity index (χ4n) is 2.08. The number of nitrogens with one attached hydrogen (secondary N) is 1. The molecule has 0 saturated carbocycles. The number of furan rings is 1. The molecule has 0 spiro atoms. The first-order chi connectivity index (χ1) is 11.6. The van der Waals surface area contributed by atoms with Gasteiger partial charge in [-0.25, -0.2) is 4.68 Å². The van der Waals surface area contributed by atoms with Gasteiger partial charge in [0.2, 0.25) is 5.16 Å². The molecule has 25 heavy (non-hydrogen) atoms. The van der Waals surface area contributed by atoms with Gasteiger partial charge >= 0.3 is 0 Å². The first kappa shape index (κ1) is 20.4. The van der Waals surface area contributed by atoms with E-state index in [4.69, 9.17) is 4.42 Å². The maximum Gasteiger partial charge on any atom is 0.209 e. The number of benzene rings is 1. The van der Waals surface area contributed by atoms with Gasteiger partial charge in [-0.15, -0.1) is 17.5 Å². The Balaban J connectivity index is 0.00000225. The Morgan fingerprint density at radius 2 is 2.08 bits per heavy atom. The molecule has 6 nitrogen and oxygen atoms in total. The Hall–Kier alpha value is -0.870. The molecule has 0 amide bonds. The molecule has 1 N–H and O–H groups in total. The van der Waals surface area contributed by atoms with Crippen LogP contribution < -0.4 is 5.32 Å². The molecule has 0 fully saturated rings. The van der Waals surface area contributed by atoms with Crippen molar-refractivity contribution < 1.29 is 4.42 Å². The number of thioether (sulfide) groups is 1. The molecule has 0 saturated heterocycles. The summed E-state index contributed by atoms with van der Waals surface area (Å²) in [5, 5.41) is 15.5. The molecule has 0 aliphatic carbocycles. The molecule has 0 radical (unpaired) electrons. The quantitative estimate of drug-likeness (QED) is 0.378. The summed E-state index contributed by atoms with van der Waals surface area (Å²) in [6, 6.07) is 10.0. The van der Waals surface area contributed by atoms with Gasteiger partial charge in [-0.05, 0) is 56.7 Å². The second kappa shape index (κ2) is 9.72. The van der Waals surface area contributed by atoms with Crippen molar-refractivity contribution in [1.82, 2.24) is 25.5 Å². The molecular weight excluding hydrogens is 494 g/mol. The van der Waals surface area contributed by atoms with Gasteiger partial charge in [0.05, 0.1) is 6.54 Å². The molecule has 10 heteroatoms. The minimum absolute atomic E-state index is 0. The highest BCUT2D eigenvalue weighted by molar-refractivity contribution is 9.11. The first-order valence-electron chi connectivity index (χ1n) is 7.23. The Labute approximate surface area is 172 Å². The van der Waals surface area contributed by atoms with Crippen LogP contribution in [0.25, 0.3) is 11.3 Å². The van der Waals surface area contributed by atoms with E-state index in [1.807, 2.05) is 37.4 Å². The van der Waals surface area contributed by atoms with E-state index in [1.165, 1.54) is 0 Å². The smallest absolute Gasteiger partial charge is 0.209 e. The molecule has 0 bridgehead atoms. The topological polar surface area (TPSA) is 68.8 Å². The molecule has 2 aromatic heterocycles. The fourth-order valence-corrected chi connectivity index (χ4v) is 4.07. The average Bonchev–Trinajstić information content (AvgIpc) is 3.17. The van der Waals surface area contributed by atoms with Crippen LogP contribution in [0.3, 0.4) is 0 Å². The van der Waals surface area contributed by atoms with E-state index in [2.05, 4.69) is 52.7 Å². The van der Waals surface area contributed by atoms with Crippen molar-refractivity contribution in [3.63, 3.8) is 0 Å². The van der Waals surface area contributed by atoms with Gasteiger partial charge in [-0.3, -0.25) is 0 Å². The van der Waals surface area contributed by atoms with E-state index in [-0.39, 0.29) is 12.4 Å². The lowest BCUT2D eigenvalue weighted by Gasteiger charge is -2.03. The Kier molecular flexibility index (Phi) is 7.95. The van der Waals surface area contributed by atoms with Crippen LogP contribution in [0.2, 0.25) is 0 Å². The van der Waals surface area contributed by atoms with Gasteiger partial charge in [-0.1, -0.05) is 27.7 Å². The predicted octanol–water partition coefficient (Wildman–Crippen LogP) is 4.30. The zero-order chi connectivity index (χ0) is 16.9. The van der Waals surface area contributed by atoms with Crippen LogP contribution in [0.15, 0.2) is 48.9 Å². The summed E-state index contributed by atoms with van der Waals surface area (Å²) in [4.78, 5) is 0. The number of halogens is 3. The van der Waals surface area contributed by atoms with Gasteiger partial charge in [0.15, 0.2) is 0 Å². The van der Waals surface area contributed by atoms with E-state index in [0.29, 0.717) is 6.54 Å². The van der Waals surface area contributed by atoms with Gasteiger partial charge in [0.1, 0.15) is 11.5 Å². The lowest BCUT2D eigenvalue weighted by molar-refractivity contribution is 0.499. The maximum atomic E-state index is 5.91. The van der Waals surface area contributed by atoms with Crippen LogP contribution in [-0.2, 0) is 13.6 Å². The second-order valence-corrected chi connectivity index (χ2v) is 7.83. The molecule has 0 aliphatic heterocycles. The van der Waals surface area contributed by atoms with Gasteiger partial charge < -0.3 is 9.73 Å². The SMILES string of the molecule is Cl.Cn1nnnc1SCCNCc1ccc(-c2ccc(Br)cc2Br)o1. The molecule has 134 valence electrons. The molecule has 0 unspecified atom stereocenters. The van der Waals surface area contributed by atoms with Crippen LogP contribution in [0.1, 0.15) is 5.76 Å². The molecule has 2 heterocycles. The van der Waals surface area contributed by atoms with E-state index >= 15 is 0 Å². The van der Waals surface area contributed by atoms with Gasteiger partial charge in [0.25, 0.3) is 0 Å².